The first-order chi connectivity index (χ1) is 7.75. The Bertz CT molecular complexity index is 485. The fourth-order valence-corrected chi connectivity index (χ4v) is 1.81. The van der Waals surface area contributed by atoms with Crippen LogP contribution in [0.15, 0.2) is 53.0 Å². The van der Waals surface area contributed by atoms with E-state index < -0.39 is 0 Å². The number of hydrogen-bond donors (Lipinski definition) is 1. The van der Waals surface area contributed by atoms with E-state index in [1.165, 1.54) is 0 Å². The zero-order chi connectivity index (χ0) is 11.4. The summed E-state index contributed by atoms with van der Waals surface area (Å²) in [4.78, 5) is 0. The van der Waals surface area contributed by atoms with Crippen LogP contribution in [0.5, 0.6) is 5.75 Å². The lowest BCUT2D eigenvalue weighted by atomic mass is 10.2. The molecular formula is C13H12BrNO. The Kier molecular flexibility index (Phi) is 3.47. The van der Waals surface area contributed by atoms with E-state index in [9.17, 15) is 0 Å². The van der Waals surface area contributed by atoms with Gasteiger partial charge in [-0.2, -0.15) is 0 Å². The van der Waals surface area contributed by atoms with Gasteiger partial charge in [0.25, 0.3) is 0 Å². The summed E-state index contributed by atoms with van der Waals surface area (Å²) in [5.41, 5.74) is 7.52. The first-order valence-electron chi connectivity index (χ1n) is 4.97. The van der Waals surface area contributed by atoms with Crippen molar-refractivity contribution in [3.8, 4) is 5.75 Å². The average Bonchev–Trinajstić information content (AvgIpc) is 2.28. The maximum Gasteiger partial charge on any atom is 0.133 e. The van der Waals surface area contributed by atoms with E-state index in [1.54, 1.807) is 0 Å². The molecule has 0 unspecified atom stereocenters. The van der Waals surface area contributed by atoms with Gasteiger partial charge in [0, 0.05) is 5.69 Å². The molecule has 0 aliphatic heterocycles. The molecule has 0 heterocycles. The molecule has 2 nitrogen and oxygen atoms in total. The normalized spacial score (nSPS) is 10.1. The number of hydrogen-bond acceptors (Lipinski definition) is 2. The largest absolute Gasteiger partial charge is 0.488 e. The zero-order valence-corrected chi connectivity index (χ0v) is 10.3. The van der Waals surface area contributed by atoms with Crippen molar-refractivity contribution in [2.45, 2.75) is 6.61 Å². The Labute approximate surface area is 103 Å². The highest BCUT2D eigenvalue weighted by molar-refractivity contribution is 9.10. The van der Waals surface area contributed by atoms with E-state index in [-0.39, 0.29) is 0 Å². The Morgan fingerprint density at radius 2 is 1.88 bits per heavy atom. The quantitative estimate of drug-likeness (QED) is 0.870. The molecule has 2 rings (SSSR count). The number of ether oxygens (including phenoxy) is 1. The van der Waals surface area contributed by atoms with Crippen LogP contribution in [0.1, 0.15) is 5.56 Å². The van der Waals surface area contributed by atoms with E-state index in [0.29, 0.717) is 6.61 Å². The summed E-state index contributed by atoms with van der Waals surface area (Å²) in [5.74, 6) is 0.838. The fraction of sp³-hybridized carbons (Fsp3) is 0.0769. The lowest BCUT2D eigenvalue weighted by Gasteiger charge is -2.08. The molecule has 0 fully saturated rings. The van der Waals surface area contributed by atoms with Gasteiger partial charge in [-0.1, -0.05) is 24.3 Å². The molecule has 82 valence electrons. The van der Waals surface area contributed by atoms with Gasteiger partial charge in [-0.25, -0.2) is 0 Å². The predicted octanol–water partition coefficient (Wildman–Crippen LogP) is 3.61. The minimum Gasteiger partial charge on any atom is -0.488 e. The molecule has 0 bridgehead atoms. The van der Waals surface area contributed by atoms with Crippen LogP contribution in [0.4, 0.5) is 5.69 Å². The third-order valence-corrected chi connectivity index (χ3v) is 2.84. The molecular weight excluding hydrogens is 266 g/mol. The lowest BCUT2D eigenvalue weighted by molar-refractivity contribution is 0.304. The highest BCUT2D eigenvalue weighted by atomic mass is 79.9. The maximum absolute atomic E-state index is 5.69. The summed E-state index contributed by atoms with van der Waals surface area (Å²) in [6.07, 6.45) is 0. The molecule has 0 spiro atoms. The van der Waals surface area contributed by atoms with E-state index >= 15 is 0 Å². The van der Waals surface area contributed by atoms with Crippen LogP contribution in [-0.2, 0) is 6.61 Å². The SMILES string of the molecule is Nc1cccc(COc2ccccc2Br)c1. The molecule has 2 aromatic rings. The maximum atomic E-state index is 5.69. The Hall–Kier alpha value is -1.48. The number of benzene rings is 2. The van der Waals surface area contributed by atoms with E-state index in [0.717, 1.165) is 21.5 Å². The summed E-state index contributed by atoms with van der Waals surface area (Å²) < 4.78 is 6.63. The van der Waals surface area contributed by atoms with E-state index in [1.807, 2.05) is 48.5 Å². The molecule has 0 aliphatic rings. The second-order valence-corrected chi connectivity index (χ2v) is 4.32. The van der Waals surface area contributed by atoms with Gasteiger partial charge in [0.1, 0.15) is 12.4 Å². The minimum atomic E-state index is 0.521. The third-order valence-electron chi connectivity index (χ3n) is 2.18. The molecule has 0 aliphatic carbocycles. The molecule has 3 heteroatoms. The Morgan fingerprint density at radius 1 is 1.06 bits per heavy atom. The van der Waals surface area contributed by atoms with Gasteiger partial charge in [-0.05, 0) is 45.8 Å². The van der Waals surface area contributed by atoms with Gasteiger partial charge < -0.3 is 10.5 Å². The van der Waals surface area contributed by atoms with Crippen molar-refractivity contribution in [3.63, 3.8) is 0 Å². The average molecular weight is 278 g/mol. The molecule has 2 N–H and O–H groups in total. The first kappa shape index (κ1) is 11.0. The summed E-state index contributed by atoms with van der Waals surface area (Å²) in [6.45, 7) is 0.521. The molecule has 0 atom stereocenters. The second kappa shape index (κ2) is 5.03. The van der Waals surface area contributed by atoms with Gasteiger partial charge in [-0.15, -0.1) is 0 Å². The number of halogens is 1. The Balaban J connectivity index is 2.05. The summed E-state index contributed by atoms with van der Waals surface area (Å²) in [7, 11) is 0. The standard InChI is InChI=1S/C13H12BrNO/c14-12-6-1-2-7-13(12)16-9-10-4-3-5-11(15)8-10/h1-8H,9,15H2. The van der Waals surface area contributed by atoms with Crippen LogP contribution in [-0.4, -0.2) is 0 Å². The summed E-state index contributed by atoms with van der Waals surface area (Å²) in [5, 5.41) is 0. The van der Waals surface area contributed by atoms with Crippen molar-refractivity contribution in [1.82, 2.24) is 0 Å². The third kappa shape index (κ3) is 2.76. The smallest absolute Gasteiger partial charge is 0.133 e. The number of anilines is 1. The topological polar surface area (TPSA) is 35.2 Å². The molecule has 0 radical (unpaired) electrons. The van der Waals surface area contributed by atoms with Crippen molar-refractivity contribution in [2.24, 2.45) is 0 Å². The highest BCUT2D eigenvalue weighted by Gasteiger charge is 2.00. The lowest BCUT2D eigenvalue weighted by Crippen LogP contribution is -1.96. The first-order valence-corrected chi connectivity index (χ1v) is 5.77. The monoisotopic (exact) mass is 277 g/mol. The van der Waals surface area contributed by atoms with Gasteiger partial charge in [0.05, 0.1) is 4.47 Å². The van der Waals surface area contributed by atoms with Crippen LogP contribution < -0.4 is 10.5 Å². The van der Waals surface area contributed by atoms with Crippen molar-refractivity contribution in [2.75, 3.05) is 5.73 Å². The van der Waals surface area contributed by atoms with Gasteiger partial charge in [0.2, 0.25) is 0 Å². The predicted molar refractivity (Wildman–Crippen MR) is 69.3 cm³/mol. The molecule has 0 saturated heterocycles. The Morgan fingerprint density at radius 3 is 2.62 bits per heavy atom. The number of rotatable bonds is 3. The van der Waals surface area contributed by atoms with Gasteiger partial charge in [0.15, 0.2) is 0 Å². The number of nitrogens with two attached hydrogens (primary N) is 1. The van der Waals surface area contributed by atoms with Crippen molar-refractivity contribution in [3.05, 3.63) is 58.6 Å². The van der Waals surface area contributed by atoms with Gasteiger partial charge in [-0.3, -0.25) is 0 Å². The fourth-order valence-electron chi connectivity index (χ4n) is 1.41. The summed E-state index contributed by atoms with van der Waals surface area (Å²) in [6, 6.07) is 15.5. The van der Waals surface area contributed by atoms with Crippen LogP contribution >= 0.6 is 15.9 Å². The van der Waals surface area contributed by atoms with Crippen LogP contribution in [0.2, 0.25) is 0 Å². The molecule has 2 aromatic carbocycles. The number of para-hydroxylation sites is 1. The number of nitrogen functional groups attached to an aromatic ring is 1. The summed E-state index contributed by atoms with van der Waals surface area (Å²) >= 11 is 3.43. The zero-order valence-electron chi connectivity index (χ0n) is 8.69. The molecule has 0 saturated carbocycles. The van der Waals surface area contributed by atoms with Crippen molar-refractivity contribution >= 4 is 21.6 Å². The molecule has 16 heavy (non-hydrogen) atoms. The van der Waals surface area contributed by atoms with Crippen molar-refractivity contribution < 1.29 is 4.74 Å². The van der Waals surface area contributed by atoms with Crippen LogP contribution in [0.25, 0.3) is 0 Å². The van der Waals surface area contributed by atoms with Crippen molar-refractivity contribution in [1.29, 1.82) is 0 Å². The van der Waals surface area contributed by atoms with Gasteiger partial charge >= 0.3 is 0 Å². The second-order valence-electron chi connectivity index (χ2n) is 3.46. The van der Waals surface area contributed by atoms with E-state index in [4.69, 9.17) is 10.5 Å². The molecule has 0 aromatic heterocycles. The highest BCUT2D eigenvalue weighted by Crippen LogP contribution is 2.24. The van der Waals surface area contributed by atoms with Crippen LogP contribution in [0, 0.1) is 0 Å². The molecule has 0 amide bonds. The minimum absolute atomic E-state index is 0.521. The van der Waals surface area contributed by atoms with E-state index in [2.05, 4.69) is 15.9 Å². The van der Waals surface area contributed by atoms with Crippen LogP contribution in [0.3, 0.4) is 0 Å².